The molecule has 1 unspecified atom stereocenters. The number of aryl methyl sites for hydroxylation is 1. The fraction of sp³-hybridized carbons (Fsp3) is 0.200. The van der Waals surface area contributed by atoms with Gasteiger partial charge in [0.25, 0.3) is 0 Å². The van der Waals surface area contributed by atoms with Gasteiger partial charge in [-0.05, 0) is 30.2 Å². The summed E-state index contributed by atoms with van der Waals surface area (Å²) >= 11 is 3.45. The quantitative estimate of drug-likeness (QED) is 0.738. The number of methoxy groups -OCH3 is 1. The zero-order valence-corrected chi connectivity index (χ0v) is 12.2. The van der Waals surface area contributed by atoms with E-state index in [4.69, 9.17) is 4.74 Å². The number of alkyl halides is 1. The van der Waals surface area contributed by atoms with E-state index in [0.29, 0.717) is 5.56 Å². The van der Waals surface area contributed by atoms with Crippen molar-refractivity contribution in [2.45, 2.75) is 11.8 Å². The molecule has 2 aromatic carbocycles. The van der Waals surface area contributed by atoms with E-state index in [2.05, 4.69) is 15.9 Å². The Morgan fingerprint density at radius 2 is 1.84 bits per heavy atom. The molecule has 0 radical (unpaired) electrons. The second-order valence-electron chi connectivity index (χ2n) is 4.26. The Morgan fingerprint density at radius 3 is 2.42 bits per heavy atom. The molecule has 0 heterocycles. The zero-order valence-electron chi connectivity index (χ0n) is 10.6. The predicted molar refractivity (Wildman–Crippen MR) is 74.9 cm³/mol. The summed E-state index contributed by atoms with van der Waals surface area (Å²) in [6.07, 6.45) is 0. The first-order valence-corrected chi connectivity index (χ1v) is 6.68. The van der Waals surface area contributed by atoms with Gasteiger partial charge in [0.05, 0.1) is 11.9 Å². The van der Waals surface area contributed by atoms with Crippen molar-refractivity contribution < 1.29 is 13.5 Å². The average molecular weight is 327 g/mol. The molecular formula is C15H13BrF2O. The lowest BCUT2D eigenvalue weighted by Crippen LogP contribution is -1.98. The number of benzene rings is 2. The van der Waals surface area contributed by atoms with Crippen molar-refractivity contribution >= 4 is 15.9 Å². The van der Waals surface area contributed by atoms with Gasteiger partial charge in [0, 0.05) is 11.6 Å². The van der Waals surface area contributed by atoms with Crippen LogP contribution in [0.3, 0.4) is 0 Å². The van der Waals surface area contributed by atoms with Crippen LogP contribution in [0.15, 0.2) is 36.4 Å². The average Bonchev–Trinajstić information content (AvgIpc) is 2.38. The van der Waals surface area contributed by atoms with Crippen molar-refractivity contribution in [3.05, 3.63) is 64.7 Å². The van der Waals surface area contributed by atoms with E-state index in [9.17, 15) is 8.78 Å². The summed E-state index contributed by atoms with van der Waals surface area (Å²) in [5.41, 5.74) is 2.27. The van der Waals surface area contributed by atoms with Gasteiger partial charge in [-0.3, -0.25) is 0 Å². The molecule has 2 rings (SSSR count). The Morgan fingerprint density at radius 1 is 1.11 bits per heavy atom. The van der Waals surface area contributed by atoms with Gasteiger partial charge >= 0.3 is 0 Å². The molecule has 2 aromatic rings. The van der Waals surface area contributed by atoms with Crippen molar-refractivity contribution in [1.29, 1.82) is 0 Å². The van der Waals surface area contributed by atoms with Crippen LogP contribution in [0.1, 0.15) is 21.5 Å². The minimum atomic E-state index is -0.577. The summed E-state index contributed by atoms with van der Waals surface area (Å²) in [7, 11) is 1.60. The molecule has 0 aliphatic rings. The summed E-state index contributed by atoms with van der Waals surface area (Å²) in [5.74, 6) is -0.356. The lowest BCUT2D eigenvalue weighted by molar-refractivity contribution is 0.411. The fourth-order valence-corrected chi connectivity index (χ4v) is 2.60. The normalized spacial score (nSPS) is 12.3. The number of halogens is 3. The van der Waals surface area contributed by atoms with Crippen molar-refractivity contribution in [2.24, 2.45) is 0 Å². The number of ether oxygens (including phenoxy) is 1. The highest BCUT2D eigenvalue weighted by molar-refractivity contribution is 9.09. The van der Waals surface area contributed by atoms with E-state index in [-0.39, 0.29) is 4.83 Å². The number of rotatable bonds is 3. The van der Waals surface area contributed by atoms with Gasteiger partial charge < -0.3 is 4.74 Å². The van der Waals surface area contributed by atoms with Crippen LogP contribution in [0, 0.1) is 18.6 Å². The van der Waals surface area contributed by atoms with E-state index >= 15 is 0 Å². The van der Waals surface area contributed by atoms with Crippen LogP contribution in [0.4, 0.5) is 8.78 Å². The Kier molecular flexibility index (Phi) is 4.20. The van der Waals surface area contributed by atoms with Gasteiger partial charge in [0.2, 0.25) is 0 Å². The first kappa shape index (κ1) is 14.0. The smallest absolute Gasteiger partial charge is 0.130 e. The van der Waals surface area contributed by atoms with Crippen molar-refractivity contribution in [1.82, 2.24) is 0 Å². The number of hydrogen-bond donors (Lipinski definition) is 0. The van der Waals surface area contributed by atoms with E-state index in [1.165, 1.54) is 12.1 Å². The Balaban J connectivity index is 2.38. The molecule has 0 spiro atoms. The van der Waals surface area contributed by atoms with Gasteiger partial charge in [-0.2, -0.15) is 0 Å². The Hall–Kier alpha value is -1.42. The standard InChI is InChI=1S/C15H13BrF2O/c1-9-7-10(3-6-14(9)19-2)15(16)12-5-4-11(17)8-13(12)18/h3-8,15H,1-2H3. The minimum absolute atomic E-state index is 0.322. The maximum absolute atomic E-state index is 13.7. The minimum Gasteiger partial charge on any atom is -0.496 e. The molecule has 0 saturated heterocycles. The summed E-state index contributed by atoms with van der Waals surface area (Å²) in [6, 6.07) is 9.20. The van der Waals surface area contributed by atoms with Gasteiger partial charge in [-0.1, -0.05) is 34.1 Å². The second-order valence-corrected chi connectivity index (χ2v) is 5.17. The van der Waals surface area contributed by atoms with E-state index in [1.54, 1.807) is 7.11 Å². The molecule has 4 heteroatoms. The predicted octanol–water partition coefficient (Wildman–Crippen LogP) is 4.77. The highest BCUT2D eigenvalue weighted by atomic mass is 79.9. The fourth-order valence-electron chi connectivity index (χ4n) is 1.95. The highest BCUT2D eigenvalue weighted by Crippen LogP contribution is 2.34. The van der Waals surface area contributed by atoms with E-state index < -0.39 is 11.6 Å². The molecule has 0 amide bonds. The molecule has 0 bridgehead atoms. The molecule has 100 valence electrons. The van der Waals surface area contributed by atoms with Gasteiger partial charge in [-0.15, -0.1) is 0 Å². The molecule has 19 heavy (non-hydrogen) atoms. The van der Waals surface area contributed by atoms with Crippen LogP contribution in [0.2, 0.25) is 0 Å². The van der Waals surface area contributed by atoms with Gasteiger partial charge in [0.15, 0.2) is 0 Å². The van der Waals surface area contributed by atoms with Crippen molar-refractivity contribution in [2.75, 3.05) is 7.11 Å². The van der Waals surface area contributed by atoms with Crippen LogP contribution in [0.25, 0.3) is 0 Å². The third-order valence-electron chi connectivity index (χ3n) is 2.95. The first-order chi connectivity index (χ1) is 9.02. The number of hydrogen-bond acceptors (Lipinski definition) is 1. The molecular weight excluding hydrogens is 314 g/mol. The van der Waals surface area contributed by atoms with Crippen LogP contribution in [-0.4, -0.2) is 7.11 Å². The van der Waals surface area contributed by atoms with Gasteiger partial charge in [0.1, 0.15) is 17.4 Å². The van der Waals surface area contributed by atoms with Crippen LogP contribution in [-0.2, 0) is 0 Å². The lowest BCUT2D eigenvalue weighted by Gasteiger charge is -2.14. The third-order valence-corrected chi connectivity index (χ3v) is 3.97. The third kappa shape index (κ3) is 2.95. The second kappa shape index (κ2) is 5.70. The zero-order chi connectivity index (χ0) is 14.0. The molecule has 0 fully saturated rings. The Labute approximate surface area is 119 Å². The maximum Gasteiger partial charge on any atom is 0.130 e. The molecule has 0 saturated carbocycles. The van der Waals surface area contributed by atoms with Crippen LogP contribution < -0.4 is 4.74 Å². The molecule has 1 nitrogen and oxygen atoms in total. The summed E-state index contributed by atoms with van der Waals surface area (Å²) in [5, 5.41) is 0. The van der Waals surface area contributed by atoms with Crippen molar-refractivity contribution in [3.63, 3.8) is 0 Å². The van der Waals surface area contributed by atoms with Gasteiger partial charge in [-0.25, -0.2) is 8.78 Å². The lowest BCUT2D eigenvalue weighted by atomic mass is 10.0. The summed E-state index contributed by atoms with van der Waals surface area (Å²) < 4.78 is 31.8. The SMILES string of the molecule is COc1ccc(C(Br)c2ccc(F)cc2F)cc1C. The van der Waals surface area contributed by atoms with E-state index in [1.807, 2.05) is 25.1 Å². The first-order valence-electron chi connectivity index (χ1n) is 5.76. The van der Waals surface area contributed by atoms with Crippen LogP contribution >= 0.6 is 15.9 Å². The summed E-state index contributed by atoms with van der Waals surface area (Å²) in [6.45, 7) is 1.92. The largest absolute Gasteiger partial charge is 0.496 e. The van der Waals surface area contributed by atoms with Crippen LogP contribution in [0.5, 0.6) is 5.75 Å². The Bertz CT molecular complexity index is 599. The maximum atomic E-state index is 13.7. The highest BCUT2D eigenvalue weighted by Gasteiger charge is 2.16. The summed E-state index contributed by atoms with van der Waals surface area (Å²) in [4.78, 5) is -0.322. The molecule has 0 aliphatic carbocycles. The monoisotopic (exact) mass is 326 g/mol. The molecule has 0 aromatic heterocycles. The van der Waals surface area contributed by atoms with Crippen molar-refractivity contribution in [3.8, 4) is 5.75 Å². The van der Waals surface area contributed by atoms with E-state index in [0.717, 1.165) is 22.9 Å². The molecule has 0 N–H and O–H groups in total. The molecule has 0 aliphatic heterocycles. The molecule has 1 atom stereocenters. The topological polar surface area (TPSA) is 9.23 Å².